The number of para-hydroxylation sites is 1. The Morgan fingerprint density at radius 2 is 1.89 bits per heavy atom. The number of anilines is 1. The molecule has 0 saturated heterocycles. The molecule has 0 saturated carbocycles. The summed E-state index contributed by atoms with van der Waals surface area (Å²) in [6, 6.07) is 18.3. The lowest BCUT2D eigenvalue weighted by Gasteiger charge is -2.29. The minimum Gasteiger partial charge on any atom is -0.305 e. The molecule has 0 bridgehead atoms. The maximum absolute atomic E-state index is 12.9. The second-order valence-corrected chi connectivity index (χ2v) is 11.5. The molecule has 0 amide bonds. The van der Waals surface area contributed by atoms with Gasteiger partial charge in [-0.05, 0) is 66.9 Å². The quantitative estimate of drug-likeness (QED) is 0.261. The third kappa shape index (κ3) is 5.61. The SMILES string of the molecule is Cn1c(SCCCN2CCc3ccc(S(=O)(=O)Nc4ccccc4)cc3C2)nnc1-c1cccnc1. The van der Waals surface area contributed by atoms with E-state index in [9.17, 15) is 8.42 Å². The molecule has 10 heteroatoms. The van der Waals surface area contributed by atoms with Gasteiger partial charge in [-0.2, -0.15) is 0 Å². The van der Waals surface area contributed by atoms with E-state index in [0.29, 0.717) is 10.6 Å². The van der Waals surface area contributed by atoms with Crippen LogP contribution in [0.15, 0.2) is 83.1 Å². The molecule has 1 aliphatic heterocycles. The summed E-state index contributed by atoms with van der Waals surface area (Å²) >= 11 is 1.70. The predicted molar refractivity (Wildman–Crippen MR) is 142 cm³/mol. The number of hydrogen-bond acceptors (Lipinski definition) is 7. The van der Waals surface area contributed by atoms with E-state index < -0.39 is 10.0 Å². The summed E-state index contributed by atoms with van der Waals surface area (Å²) in [6.07, 6.45) is 5.46. The minimum absolute atomic E-state index is 0.300. The van der Waals surface area contributed by atoms with Crippen LogP contribution in [-0.2, 0) is 30.0 Å². The van der Waals surface area contributed by atoms with Crippen molar-refractivity contribution >= 4 is 27.5 Å². The molecule has 1 N–H and O–H groups in total. The van der Waals surface area contributed by atoms with Gasteiger partial charge in [-0.15, -0.1) is 10.2 Å². The van der Waals surface area contributed by atoms with E-state index >= 15 is 0 Å². The number of thioether (sulfide) groups is 1. The molecule has 0 radical (unpaired) electrons. The lowest BCUT2D eigenvalue weighted by Crippen LogP contribution is -2.31. The summed E-state index contributed by atoms with van der Waals surface area (Å²) in [5.41, 5.74) is 3.82. The van der Waals surface area contributed by atoms with E-state index in [4.69, 9.17) is 0 Å². The first-order valence-electron chi connectivity index (χ1n) is 11.8. The highest BCUT2D eigenvalue weighted by atomic mass is 32.2. The van der Waals surface area contributed by atoms with Crippen molar-refractivity contribution in [2.75, 3.05) is 23.6 Å². The van der Waals surface area contributed by atoms with E-state index in [1.54, 1.807) is 42.4 Å². The van der Waals surface area contributed by atoms with Crippen molar-refractivity contribution in [3.8, 4) is 11.4 Å². The first kappa shape index (κ1) is 24.5. The van der Waals surface area contributed by atoms with E-state index in [-0.39, 0.29) is 0 Å². The van der Waals surface area contributed by atoms with Gasteiger partial charge in [0.15, 0.2) is 11.0 Å². The van der Waals surface area contributed by atoms with Crippen LogP contribution in [0.2, 0.25) is 0 Å². The number of nitrogens with zero attached hydrogens (tertiary/aromatic N) is 5. The van der Waals surface area contributed by atoms with Crippen molar-refractivity contribution < 1.29 is 8.42 Å². The van der Waals surface area contributed by atoms with Gasteiger partial charge >= 0.3 is 0 Å². The fraction of sp³-hybridized carbons (Fsp3) is 0.269. The van der Waals surface area contributed by atoms with Crippen molar-refractivity contribution in [2.24, 2.45) is 7.05 Å². The minimum atomic E-state index is -3.63. The Morgan fingerprint density at radius 3 is 2.69 bits per heavy atom. The van der Waals surface area contributed by atoms with Gasteiger partial charge in [0.2, 0.25) is 0 Å². The highest BCUT2D eigenvalue weighted by molar-refractivity contribution is 7.99. The monoisotopic (exact) mass is 520 g/mol. The average Bonchev–Trinajstić information content (AvgIpc) is 3.27. The number of hydrogen-bond donors (Lipinski definition) is 1. The van der Waals surface area contributed by atoms with Crippen LogP contribution in [0.5, 0.6) is 0 Å². The highest BCUT2D eigenvalue weighted by Crippen LogP contribution is 2.26. The highest BCUT2D eigenvalue weighted by Gasteiger charge is 2.21. The van der Waals surface area contributed by atoms with Crippen LogP contribution < -0.4 is 4.72 Å². The van der Waals surface area contributed by atoms with Crippen LogP contribution in [0.1, 0.15) is 17.5 Å². The molecule has 5 rings (SSSR count). The van der Waals surface area contributed by atoms with Crippen molar-refractivity contribution in [2.45, 2.75) is 29.4 Å². The summed E-state index contributed by atoms with van der Waals surface area (Å²) in [4.78, 5) is 6.85. The first-order valence-corrected chi connectivity index (χ1v) is 14.3. The Morgan fingerprint density at radius 1 is 1.03 bits per heavy atom. The summed E-state index contributed by atoms with van der Waals surface area (Å²) < 4.78 is 30.5. The molecule has 36 heavy (non-hydrogen) atoms. The number of rotatable bonds is 9. The molecule has 0 aliphatic carbocycles. The van der Waals surface area contributed by atoms with Gasteiger partial charge in [0.05, 0.1) is 4.90 Å². The third-order valence-electron chi connectivity index (χ3n) is 6.21. The molecule has 1 aliphatic rings. The molecule has 8 nitrogen and oxygen atoms in total. The molecule has 2 aromatic carbocycles. The molecule has 0 fully saturated rings. The average molecular weight is 521 g/mol. The fourth-order valence-corrected chi connectivity index (χ4v) is 6.25. The van der Waals surface area contributed by atoms with Gasteiger partial charge in [0.25, 0.3) is 10.0 Å². The van der Waals surface area contributed by atoms with E-state index in [0.717, 1.165) is 60.3 Å². The standard InChI is InChI=1S/C26H28N6O2S2/c1-31-25(21-7-5-13-27-18-21)28-29-26(31)35-16-6-14-32-15-12-20-10-11-24(17-22(20)19-32)36(33,34)30-23-8-3-2-4-9-23/h2-5,7-11,13,17-18,30H,6,12,14-16,19H2,1H3. The zero-order valence-corrected chi connectivity index (χ0v) is 21.7. The normalized spacial score (nSPS) is 13.9. The Hall–Kier alpha value is -3.21. The van der Waals surface area contributed by atoms with Crippen LogP contribution in [0.3, 0.4) is 0 Å². The zero-order valence-electron chi connectivity index (χ0n) is 20.0. The molecular weight excluding hydrogens is 492 g/mol. The van der Waals surface area contributed by atoms with E-state index in [1.165, 1.54) is 5.56 Å². The smallest absolute Gasteiger partial charge is 0.261 e. The van der Waals surface area contributed by atoms with Crippen molar-refractivity contribution in [3.05, 3.63) is 84.2 Å². The maximum atomic E-state index is 12.9. The molecule has 2 aromatic heterocycles. The van der Waals surface area contributed by atoms with Crippen molar-refractivity contribution in [3.63, 3.8) is 0 Å². The second kappa shape index (κ2) is 10.8. The number of nitrogens with one attached hydrogen (secondary N) is 1. The van der Waals surface area contributed by atoms with Gasteiger partial charge in [-0.1, -0.05) is 36.0 Å². The maximum Gasteiger partial charge on any atom is 0.261 e. The molecule has 0 unspecified atom stereocenters. The van der Waals surface area contributed by atoms with Crippen LogP contribution in [0.4, 0.5) is 5.69 Å². The van der Waals surface area contributed by atoms with Crippen LogP contribution in [0.25, 0.3) is 11.4 Å². The van der Waals surface area contributed by atoms with Gasteiger partial charge in [-0.25, -0.2) is 8.42 Å². The Bertz CT molecular complexity index is 1430. The fourth-order valence-electron chi connectivity index (χ4n) is 4.31. The lowest BCUT2D eigenvalue weighted by atomic mass is 10.00. The van der Waals surface area contributed by atoms with Crippen molar-refractivity contribution in [1.29, 1.82) is 0 Å². The van der Waals surface area contributed by atoms with Crippen molar-refractivity contribution in [1.82, 2.24) is 24.6 Å². The van der Waals surface area contributed by atoms with Gasteiger partial charge < -0.3 is 4.57 Å². The van der Waals surface area contributed by atoms with Crippen LogP contribution in [-0.4, -0.2) is 51.9 Å². The number of benzene rings is 2. The van der Waals surface area contributed by atoms with Gasteiger partial charge in [0.1, 0.15) is 0 Å². The molecule has 0 atom stereocenters. The molecule has 0 spiro atoms. The summed E-state index contributed by atoms with van der Waals surface area (Å²) in [5.74, 6) is 1.74. The van der Waals surface area contributed by atoms with Gasteiger partial charge in [-0.3, -0.25) is 14.6 Å². The predicted octanol–water partition coefficient (Wildman–Crippen LogP) is 4.22. The number of aromatic nitrogens is 4. The summed E-state index contributed by atoms with van der Waals surface area (Å²) in [7, 11) is -1.65. The van der Waals surface area contributed by atoms with Crippen LogP contribution in [0, 0.1) is 0 Å². The summed E-state index contributed by atoms with van der Waals surface area (Å²) in [5, 5.41) is 9.55. The number of fused-ring (bicyclic) bond motifs is 1. The molecular formula is C26H28N6O2S2. The Kier molecular flexibility index (Phi) is 7.35. The lowest BCUT2D eigenvalue weighted by molar-refractivity contribution is 0.255. The zero-order chi connectivity index (χ0) is 25.0. The topological polar surface area (TPSA) is 93.0 Å². The Labute approximate surface area is 215 Å². The first-order chi connectivity index (χ1) is 17.5. The molecule has 4 aromatic rings. The molecule has 186 valence electrons. The largest absolute Gasteiger partial charge is 0.305 e. The van der Waals surface area contributed by atoms with E-state index in [1.807, 2.05) is 54.1 Å². The molecule has 3 heterocycles. The second-order valence-electron chi connectivity index (χ2n) is 8.74. The third-order valence-corrected chi connectivity index (χ3v) is 8.70. The number of sulfonamides is 1. The summed E-state index contributed by atoms with van der Waals surface area (Å²) in [6.45, 7) is 2.67. The van der Waals surface area contributed by atoms with Gasteiger partial charge in [0, 0.05) is 49.5 Å². The Balaban J connectivity index is 1.16. The van der Waals surface area contributed by atoms with E-state index in [2.05, 4.69) is 24.8 Å². The van der Waals surface area contributed by atoms with Crippen LogP contribution >= 0.6 is 11.8 Å². The number of pyridine rings is 1.